The molecule has 0 aromatic heterocycles. The predicted molar refractivity (Wildman–Crippen MR) is 82.4 cm³/mol. The summed E-state index contributed by atoms with van der Waals surface area (Å²) < 4.78 is 28.0. The fourth-order valence-corrected chi connectivity index (χ4v) is 3.21. The summed E-state index contributed by atoms with van der Waals surface area (Å²) >= 11 is 0. The topological polar surface area (TPSA) is 72.5 Å². The first kappa shape index (κ1) is 17.9. The molecule has 1 atom stereocenters. The van der Waals surface area contributed by atoms with E-state index >= 15 is 0 Å². The van der Waals surface area contributed by atoms with Gasteiger partial charge in [-0.1, -0.05) is 6.07 Å². The Morgan fingerprint density at radius 2 is 1.95 bits per heavy atom. The quantitative estimate of drug-likeness (QED) is 0.811. The summed E-state index contributed by atoms with van der Waals surface area (Å²) in [6, 6.07) is 2.89. The largest absolute Gasteiger partial charge is 0.385 e. The number of carbonyl (C=O) groups excluding carboxylic acids is 1. The highest BCUT2D eigenvalue weighted by Crippen LogP contribution is 2.23. The van der Waals surface area contributed by atoms with Gasteiger partial charge in [0.1, 0.15) is 0 Å². The van der Waals surface area contributed by atoms with Crippen molar-refractivity contribution in [1.82, 2.24) is 5.32 Å². The van der Waals surface area contributed by atoms with E-state index in [1.165, 1.54) is 6.07 Å². The second kappa shape index (κ2) is 7.24. The number of hydrogen-bond donors (Lipinski definition) is 1. The van der Waals surface area contributed by atoms with Crippen molar-refractivity contribution >= 4 is 25.6 Å². The molecule has 1 rings (SSSR count). The molecule has 0 aliphatic heterocycles. The van der Waals surface area contributed by atoms with Gasteiger partial charge in [0.15, 0.2) is 0 Å². The summed E-state index contributed by atoms with van der Waals surface area (Å²) in [5.41, 5.74) is 1.53. The maximum absolute atomic E-state index is 12.2. The molecule has 21 heavy (non-hydrogen) atoms. The number of aryl methyl sites for hydroxylation is 2. The highest BCUT2D eigenvalue weighted by molar-refractivity contribution is 8.13. The minimum Gasteiger partial charge on any atom is -0.385 e. The van der Waals surface area contributed by atoms with Crippen molar-refractivity contribution in [3.05, 3.63) is 28.8 Å². The number of rotatable bonds is 6. The monoisotopic (exact) mass is 333 g/mol. The van der Waals surface area contributed by atoms with E-state index < -0.39 is 9.05 Å². The Bertz CT molecular complexity index is 628. The van der Waals surface area contributed by atoms with Crippen LogP contribution in [0.2, 0.25) is 0 Å². The number of nitrogens with one attached hydrogen (secondary N) is 1. The Balaban J connectivity index is 3.05. The van der Waals surface area contributed by atoms with Crippen molar-refractivity contribution in [2.75, 3.05) is 13.7 Å². The van der Waals surface area contributed by atoms with Crippen LogP contribution < -0.4 is 5.32 Å². The molecule has 1 N–H and O–H groups in total. The number of carbonyl (C=O) groups is 1. The first-order valence-corrected chi connectivity index (χ1v) is 8.83. The number of amides is 1. The standard InChI is InChI=1S/C14H20ClNO4S/c1-9-7-10(2)13(21(15,18)19)8-12(9)14(17)16-11(3)5-6-20-4/h7-8,11H,5-6H2,1-4H3,(H,16,17). The van der Waals surface area contributed by atoms with Gasteiger partial charge in [-0.25, -0.2) is 8.42 Å². The van der Waals surface area contributed by atoms with Crippen molar-refractivity contribution in [2.45, 2.75) is 38.1 Å². The van der Waals surface area contributed by atoms with E-state index in [0.29, 0.717) is 29.7 Å². The Labute approximate surface area is 130 Å². The van der Waals surface area contributed by atoms with Crippen LogP contribution in [0.5, 0.6) is 0 Å². The van der Waals surface area contributed by atoms with Gasteiger partial charge in [0.2, 0.25) is 0 Å². The van der Waals surface area contributed by atoms with Crippen LogP contribution in [0.4, 0.5) is 0 Å². The lowest BCUT2D eigenvalue weighted by Gasteiger charge is -2.15. The van der Waals surface area contributed by atoms with Crippen LogP contribution in [0.25, 0.3) is 0 Å². The molecule has 118 valence electrons. The van der Waals surface area contributed by atoms with Crippen LogP contribution >= 0.6 is 10.7 Å². The molecule has 0 saturated carbocycles. The van der Waals surface area contributed by atoms with Gasteiger partial charge in [-0.3, -0.25) is 4.79 Å². The smallest absolute Gasteiger partial charge is 0.261 e. The average Bonchev–Trinajstić information content (AvgIpc) is 2.34. The Hall–Kier alpha value is -1.11. The van der Waals surface area contributed by atoms with E-state index in [1.807, 2.05) is 6.92 Å². The third-order valence-corrected chi connectivity index (χ3v) is 4.63. The van der Waals surface area contributed by atoms with E-state index in [-0.39, 0.29) is 16.8 Å². The highest BCUT2D eigenvalue weighted by atomic mass is 35.7. The zero-order valence-electron chi connectivity index (χ0n) is 12.6. The Morgan fingerprint density at radius 1 is 1.33 bits per heavy atom. The van der Waals surface area contributed by atoms with E-state index in [9.17, 15) is 13.2 Å². The first-order valence-electron chi connectivity index (χ1n) is 6.52. The molecule has 1 unspecified atom stereocenters. The minimum absolute atomic E-state index is 0.0375. The summed E-state index contributed by atoms with van der Waals surface area (Å²) in [5, 5.41) is 2.81. The summed E-state index contributed by atoms with van der Waals surface area (Å²) in [4.78, 5) is 12.2. The predicted octanol–water partition coefficient (Wildman–Crippen LogP) is 2.39. The van der Waals surface area contributed by atoms with Crippen molar-refractivity contribution in [2.24, 2.45) is 0 Å². The molecule has 7 heteroatoms. The second-order valence-corrected chi connectivity index (χ2v) is 7.56. The lowest BCUT2D eigenvalue weighted by Crippen LogP contribution is -2.33. The van der Waals surface area contributed by atoms with Crippen LogP contribution in [0, 0.1) is 13.8 Å². The van der Waals surface area contributed by atoms with Gasteiger partial charge in [-0.15, -0.1) is 0 Å². The fraction of sp³-hybridized carbons (Fsp3) is 0.500. The SMILES string of the molecule is COCCC(C)NC(=O)c1cc(S(=O)(=O)Cl)c(C)cc1C. The third kappa shape index (κ3) is 4.98. The molecular weight excluding hydrogens is 314 g/mol. The third-order valence-electron chi connectivity index (χ3n) is 3.16. The fourth-order valence-electron chi connectivity index (χ4n) is 2.01. The molecule has 0 saturated heterocycles. The molecule has 0 heterocycles. The van der Waals surface area contributed by atoms with Gasteiger partial charge in [0.25, 0.3) is 15.0 Å². The van der Waals surface area contributed by atoms with E-state index in [0.717, 1.165) is 0 Å². The molecule has 0 aliphatic rings. The highest BCUT2D eigenvalue weighted by Gasteiger charge is 2.19. The van der Waals surface area contributed by atoms with Crippen LogP contribution in [-0.2, 0) is 13.8 Å². The van der Waals surface area contributed by atoms with E-state index in [2.05, 4.69) is 5.32 Å². The van der Waals surface area contributed by atoms with Crippen LogP contribution in [0.15, 0.2) is 17.0 Å². The summed E-state index contributed by atoms with van der Waals surface area (Å²) in [6.07, 6.45) is 0.674. The maximum atomic E-state index is 12.2. The van der Waals surface area contributed by atoms with Gasteiger partial charge in [0.05, 0.1) is 4.90 Å². The van der Waals surface area contributed by atoms with Crippen molar-refractivity contribution in [1.29, 1.82) is 0 Å². The molecule has 1 amide bonds. The van der Waals surface area contributed by atoms with Crippen LogP contribution in [-0.4, -0.2) is 34.1 Å². The average molecular weight is 334 g/mol. The zero-order valence-corrected chi connectivity index (χ0v) is 14.1. The van der Waals surface area contributed by atoms with Crippen LogP contribution in [0.3, 0.4) is 0 Å². The number of methoxy groups -OCH3 is 1. The Morgan fingerprint density at radius 3 is 2.48 bits per heavy atom. The summed E-state index contributed by atoms with van der Waals surface area (Å²) in [7, 11) is 3.11. The molecule has 0 bridgehead atoms. The lowest BCUT2D eigenvalue weighted by molar-refractivity contribution is 0.0929. The molecule has 5 nitrogen and oxygen atoms in total. The molecule has 0 fully saturated rings. The summed E-state index contributed by atoms with van der Waals surface area (Å²) in [6.45, 7) is 5.80. The normalized spacial score (nSPS) is 13.0. The lowest BCUT2D eigenvalue weighted by atomic mass is 10.0. The maximum Gasteiger partial charge on any atom is 0.261 e. The second-order valence-electron chi connectivity index (χ2n) is 5.03. The first-order chi connectivity index (χ1) is 9.66. The number of ether oxygens (including phenoxy) is 1. The molecule has 1 aromatic rings. The van der Waals surface area contributed by atoms with Gasteiger partial charge in [-0.05, 0) is 44.4 Å². The number of benzene rings is 1. The Kier molecular flexibility index (Phi) is 6.19. The van der Waals surface area contributed by atoms with E-state index in [1.54, 1.807) is 27.0 Å². The number of hydrogen-bond acceptors (Lipinski definition) is 4. The minimum atomic E-state index is -3.88. The van der Waals surface area contributed by atoms with Gasteiger partial charge in [-0.2, -0.15) is 0 Å². The van der Waals surface area contributed by atoms with Crippen molar-refractivity contribution in [3.8, 4) is 0 Å². The zero-order chi connectivity index (χ0) is 16.2. The van der Waals surface area contributed by atoms with Gasteiger partial charge < -0.3 is 10.1 Å². The molecule has 0 spiro atoms. The van der Waals surface area contributed by atoms with Crippen LogP contribution in [0.1, 0.15) is 34.8 Å². The van der Waals surface area contributed by atoms with E-state index in [4.69, 9.17) is 15.4 Å². The molecule has 1 aromatic carbocycles. The summed E-state index contributed by atoms with van der Waals surface area (Å²) in [5.74, 6) is -0.322. The number of halogens is 1. The molecule has 0 aliphatic carbocycles. The molecule has 0 radical (unpaired) electrons. The molecular formula is C14H20ClNO4S. The van der Waals surface area contributed by atoms with Crippen molar-refractivity contribution < 1.29 is 17.9 Å². The van der Waals surface area contributed by atoms with Crippen molar-refractivity contribution in [3.63, 3.8) is 0 Å². The van der Waals surface area contributed by atoms with Gasteiger partial charge in [0, 0.05) is 36.0 Å². The van der Waals surface area contributed by atoms with Gasteiger partial charge >= 0.3 is 0 Å².